The second-order valence-corrected chi connectivity index (χ2v) is 10.6. The first kappa shape index (κ1) is 28.4. The Balaban J connectivity index is 1.71. The number of benzene rings is 2. The number of hydrogen-bond donors (Lipinski definition) is 3. The number of pyridine rings is 1. The van der Waals surface area contributed by atoms with Crippen LogP contribution < -0.4 is 20.9 Å². The fourth-order valence-electron chi connectivity index (χ4n) is 4.53. The van der Waals surface area contributed by atoms with Gasteiger partial charge >= 0.3 is 6.03 Å². The van der Waals surface area contributed by atoms with Gasteiger partial charge in [0.15, 0.2) is 0 Å². The maximum absolute atomic E-state index is 14.0. The van der Waals surface area contributed by atoms with Gasteiger partial charge in [-0.3, -0.25) is 29.6 Å². The number of anilines is 1. The minimum atomic E-state index is -1.18. The first-order valence-corrected chi connectivity index (χ1v) is 13.0. The summed E-state index contributed by atoms with van der Waals surface area (Å²) in [5.74, 6) is -2.08. The first-order chi connectivity index (χ1) is 19.0. The highest BCUT2D eigenvalue weighted by Crippen LogP contribution is 2.31. The summed E-state index contributed by atoms with van der Waals surface area (Å²) in [7, 11) is 0. The number of nitrogens with one attached hydrogen (secondary N) is 3. The molecule has 0 saturated carbocycles. The molecule has 2 unspecified atom stereocenters. The highest BCUT2D eigenvalue weighted by Gasteiger charge is 2.39. The number of urea groups is 1. The Labute approximate surface area is 232 Å². The largest absolute Gasteiger partial charge is 0.354 e. The smallest absolute Gasteiger partial charge is 0.322 e. The van der Waals surface area contributed by atoms with Gasteiger partial charge in [0.05, 0.1) is 6.42 Å². The third kappa shape index (κ3) is 6.88. The average molecular weight is 546 g/mol. The average Bonchev–Trinajstić information content (AvgIpc) is 2.91. The lowest BCUT2D eigenvalue weighted by molar-refractivity contribution is -0.129. The molecular formula is C30H32FN5O4. The second-order valence-electron chi connectivity index (χ2n) is 10.6. The topological polar surface area (TPSA) is 121 Å². The minimum Gasteiger partial charge on any atom is -0.354 e. The van der Waals surface area contributed by atoms with Crippen molar-refractivity contribution in [3.63, 3.8) is 0 Å². The Morgan fingerprint density at radius 3 is 2.48 bits per heavy atom. The lowest BCUT2D eigenvalue weighted by atomic mass is 9.87. The van der Waals surface area contributed by atoms with Gasteiger partial charge in [-0.2, -0.15) is 0 Å². The fourth-order valence-corrected chi connectivity index (χ4v) is 4.53. The van der Waals surface area contributed by atoms with Crippen LogP contribution in [-0.4, -0.2) is 41.3 Å². The molecule has 3 N–H and O–H groups in total. The molecule has 5 amide bonds. The van der Waals surface area contributed by atoms with Gasteiger partial charge in [-0.1, -0.05) is 51.1 Å². The van der Waals surface area contributed by atoms with Gasteiger partial charge in [0.2, 0.25) is 11.8 Å². The molecule has 4 rings (SSSR count). The monoisotopic (exact) mass is 545 g/mol. The molecule has 2 atom stereocenters. The van der Waals surface area contributed by atoms with E-state index in [1.54, 1.807) is 42.6 Å². The molecule has 9 nitrogen and oxygen atoms in total. The number of amides is 5. The van der Waals surface area contributed by atoms with E-state index in [0.717, 1.165) is 5.56 Å². The molecule has 1 aliphatic heterocycles. The number of carbonyl (C=O) groups excluding carboxylic acids is 4. The van der Waals surface area contributed by atoms with Crippen molar-refractivity contribution >= 4 is 29.4 Å². The summed E-state index contributed by atoms with van der Waals surface area (Å²) < 4.78 is 13.6. The van der Waals surface area contributed by atoms with E-state index in [0.29, 0.717) is 23.2 Å². The normalized spacial score (nSPS) is 15.9. The molecule has 0 aliphatic carbocycles. The highest BCUT2D eigenvalue weighted by molar-refractivity contribution is 6.09. The van der Waals surface area contributed by atoms with Crippen LogP contribution in [0.15, 0.2) is 73.1 Å². The van der Waals surface area contributed by atoms with Gasteiger partial charge in [0, 0.05) is 30.2 Å². The van der Waals surface area contributed by atoms with E-state index in [4.69, 9.17) is 0 Å². The summed E-state index contributed by atoms with van der Waals surface area (Å²) in [5.41, 5.74) is 2.42. The van der Waals surface area contributed by atoms with E-state index in [1.807, 2.05) is 12.1 Å². The molecule has 40 heavy (non-hydrogen) atoms. The van der Waals surface area contributed by atoms with Crippen LogP contribution in [0.2, 0.25) is 0 Å². The van der Waals surface area contributed by atoms with E-state index in [9.17, 15) is 23.6 Å². The van der Waals surface area contributed by atoms with Crippen molar-refractivity contribution in [2.45, 2.75) is 51.1 Å². The third-order valence-corrected chi connectivity index (χ3v) is 6.60. The standard InChI is InChI=1S/C30H32FN5O4/c1-30(2,3)21-9-11-23(12-10-21)36(28(39)24-17-25(37)35-29(40)34-24)26(20-7-5-14-32-18-20)27(38)33-15-13-19-6-4-8-22(31)16-19/h4-12,14,16,18,24,26H,13,15,17H2,1-3H3,(H,33,38)(H2,34,35,37,40). The van der Waals surface area contributed by atoms with Crippen LogP contribution in [0.3, 0.4) is 0 Å². The van der Waals surface area contributed by atoms with Gasteiger partial charge in [-0.05, 0) is 53.3 Å². The number of carbonyl (C=O) groups is 4. The number of imide groups is 1. The van der Waals surface area contributed by atoms with Crippen molar-refractivity contribution in [2.24, 2.45) is 0 Å². The molecule has 1 fully saturated rings. The zero-order valence-corrected chi connectivity index (χ0v) is 22.6. The van der Waals surface area contributed by atoms with E-state index in [2.05, 4.69) is 41.7 Å². The summed E-state index contributed by atoms with van der Waals surface area (Å²) in [6.45, 7) is 6.37. The Kier molecular flexibility index (Phi) is 8.57. The Bertz CT molecular complexity index is 1370. The molecule has 3 aromatic rings. The predicted molar refractivity (Wildman–Crippen MR) is 148 cm³/mol. The zero-order valence-electron chi connectivity index (χ0n) is 22.6. The van der Waals surface area contributed by atoms with Crippen LogP contribution in [0.1, 0.15) is 49.9 Å². The summed E-state index contributed by atoms with van der Waals surface area (Å²) in [6.07, 6.45) is 3.14. The van der Waals surface area contributed by atoms with Gasteiger partial charge < -0.3 is 10.6 Å². The molecule has 0 radical (unpaired) electrons. The lowest BCUT2D eigenvalue weighted by Gasteiger charge is -2.35. The minimum absolute atomic E-state index is 0.153. The zero-order chi connectivity index (χ0) is 28.9. The Morgan fingerprint density at radius 2 is 1.85 bits per heavy atom. The molecule has 208 valence electrons. The molecule has 0 spiro atoms. The molecule has 1 aliphatic rings. The summed E-state index contributed by atoms with van der Waals surface area (Å²) in [5, 5.41) is 7.49. The number of rotatable bonds is 8. The van der Waals surface area contributed by atoms with E-state index in [-0.39, 0.29) is 24.2 Å². The third-order valence-electron chi connectivity index (χ3n) is 6.60. The molecule has 0 bridgehead atoms. The highest BCUT2D eigenvalue weighted by atomic mass is 19.1. The number of nitrogens with zero attached hydrogens (tertiary/aromatic N) is 2. The van der Waals surface area contributed by atoms with Gasteiger partial charge in [0.25, 0.3) is 5.91 Å². The van der Waals surface area contributed by atoms with Crippen LogP contribution in [0.5, 0.6) is 0 Å². The van der Waals surface area contributed by atoms with Crippen molar-refractivity contribution in [1.82, 2.24) is 20.9 Å². The van der Waals surface area contributed by atoms with Gasteiger partial charge in [-0.25, -0.2) is 9.18 Å². The fraction of sp³-hybridized carbons (Fsp3) is 0.300. The summed E-state index contributed by atoms with van der Waals surface area (Å²) >= 11 is 0. The molecule has 2 heterocycles. The lowest BCUT2D eigenvalue weighted by Crippen LogP contribution is -2.59. The summed E-state index contributed by atoms with van der Waals surface area (Å²) in [4.78, 5) is 57.4. The summed E-state index contributed by atoms with van der Waals surface area (Å²) in [6, 6.07) is 13.6. The van der Waals surface area contributed by atoms with Crippen molar-refractivity contribution in [3.05, 3.63) is 95.6 Å². The van der Waals surface area contributed by atoms with Crippen molar-refractivity contribution in [3.8, 4) is 0 Å². The Hall–Kier alpha value is -4.60. The van der Waals surface area contributed by atoms with Crippen molar-refractivity contribution in [2.75, 3.05) is 11.4 Å². The van der Waals surface area contributed by atoms with Gasteiger partial charge in [0.1, 0.15) is 17.9 Å². The van der Waals surface area contributed by atoms with Crippen LogP contribution in [0.4, 0.5) is 14.9 Å². The van der Waals surface area contributed by atoms with Crippen LogP contribution in [0, 0.1) is 5.82 Å². The first-order valence-electron chi connectivity index (χ1n) is 13.0. The van der Waals surface area contributed by atoms with Gasteiger partial charge in [-0.15, -0.1) is 0 Å². The molecular weight excluding hydrogens is 513 g/mol. The molecule has 2 aromatic carbocycles. The van der Waals surface area contributed by atoms with Crippen molar-refractivity contribution < 1.29 is 23.6 Å². The van der Waals surface area contributed by atoms with E-state index in [1.165, 1.54) is 23.2 Å². The maximum atomic E-state index is 14.0. The quantitative estimate of drug-likeness (QED) is 0.400. The molecule has 10 heteroatoms. The Morgan fingerprint density at radius 1 is 1.10 bits per heavy atom. The number of aromatic nitrogens is 1. The predicted octanol–water partition coefficient (Wildman–Crippen LogP) is 3.55. The maximum Gasteiger partial charge on any atom is 0.322 e. The van der Waals surface area contributed by atoms with Crippen LogP contribution in [-0.2, 0) is 26.2 Å². The van der Waals surface area contributed by atoms with Crippen molar-refractivity contribution in [1.29, 1.82) is 0 Å². The molecule has 1 aromatic heterocycles. The van der Waals surface area contributed by atoms with Crippen LogP contribution >= 0.6 is 0 Å². The van der Waals surface area contributed by atoms with Crippen LogP contribution in [0.25, 0.3) is 0 Å². The van der Waals surface area contributed by atoms with E-state index >= 15 is 0 Å². The van der Waals surface area contributed by atoms with E-state index < -0.39 is 35.8 Å². The second kappa shape index (κ2) is 12.1. The molecule has 1 saturated heterocycles. The number of hydrogen-bond acceptors (Lipinski definition) is 5. The number of halogens is 1. The SMILES string of the molecule is CC(C)(C)c1ccc(N(C(=O)C2CC(=O)NC(=O)N2)C(C(=O)NCCc2cccc(F)c2)c2cccnc2)cc1.